The minimum Gasteiger partial charge on any atom is -0.696 e. The maximum atomic E-state index is 7.13. The van der Waals surface area contributed by atoms with E-state index >= 15 is 0 Å². The second kappa shape index (κ2) is 20.6. The van der Waals surface area contributed by atoms with Gasteiger partial charge < -0.3 is 51.8 Å². The van der Waals surface area contributed by atoms with Crippen LogP contribution in [0.4, 0.5) is 0 Å². The Labute approximate surface area is 204 Å². The molecule has 3 aliphatic rings. The Morgan fingerprint density at radius 2 is 0.767 bits per heavy atom. The number of rotatable bonds is 0. The van der Waals surface area contributed by atoms with E-state index < -0.39 is 0 Å². The maximum Gasteiger partial charge on any atom is 0 e. The fourth-order valence-corrected chi connectivity index (χ4v) is 4.18. The second-order valence-electron chi connectivity index (χ2n) is 7.32. The summed E-state index contributed by atoms with van der Waals surface area (Å²) >= 11 is 7.40. The smallest absolute Gasteiger partial charge is 0 e. The molecule has 2 aliphatic carbocycles. The molecule has 1 heterocycles. The molecule has 0 amide bonds. The van der Waals surface area contributed by atoms with Crippen LogP contribution in [0.3, 0.4) is 0 Å². The second-order valence-corrected chi connectivity index (χ2v) is 7.68. The molecule has 0 bridgehead atoms. The Balaban J connectivity index is 0.00000108. The molecule has 0 spiro atoms. The van der Waals surface area contributed by atoms with Gasteiger partial charge in [-0.3, -0.25) is 0 Å². The van der Waals surface area contributed by atoms with Crippen LogP contribution in [0.15, 0.2) is 0 Å². The van der Waals surface area contributed by atoms with Crippen LogP contribution in [0.5, 0.6) is 0 Å². The summed E-state index contributed by atoms with van der Waals surface area (Å²) in [6.07, 6.45) is 10.1. The van der Waals surface area contributed by atoms with E-state index in [0.29, 0.717) is 24.2 Å². The van der Waals surface area contributed by atoms with Crippen molar-refractivity contribution in [2.45, 2.75) is 75.5 Å². The van der Waals surface area contributed by atoms with E-state index in [1.165, 1.54) is 62.2 Å². The Morgan fingerprint density at radius 3 is 1.03 bits per heavy atom. The molecule has 0 aromatic rings. The number of hydrogen-bond acceptors (Lipinski definition) is 4. The van der Waals surface area contributed by atoms with Crippen molar-refractivity contribution in [3.8, 4) is 10.8 Å². The third-order valence-electron chi connectivity index (χ3n) is 5.46. The van der Waals surface area contributed by atoms with E-state index in [2.05, 4.69) is 30.6 Å². The average Bonchev–Trinajstić information content (AvgIpc) is 2.73. The number of hydrogen-bond donors (Lipinski definition) is 0. The summed E-state index contributed by atoms with van der Waals surface area (Å²) in [6.45, 7) is 5.21. The summed E-state index contributed by atoms with van der Waals surface area (Å²) in [6, 6.07) is 1.76. The molecule has 1 aliphatic heterocycles. The zero-order valence-electron chi connectivity index (χ0n) is 17.5. The molecule has 173 valence electrons. The topological polar surface area (TPSA) is 118 Å². The normalized spacial score (nSPS) is 30.1. The fourth-order valence-electron chi connectivity index (χ4n) is 4.18. The molecule has 0 aromatic heterocycles. The van der Waals surface area contributed by atoms with Gasteiger partial charge in [-0.1, -0.05) is 62.2 Å². The first-order chi connectivity index (χ1) is 14.3. The predicted molar refractivity (Wildman–Crippen MR) is 124 cm³/mol. The molecular formula is C20H32MnN7S2-7. The largest absolute Gasteiger partial charge is 0.696 e. The van der Waals surface area contributed by atoms with Gasteiger partial charge in [-0.15, -0.1) is 0 Å². The zero-order chi connectivity index (χ0) is 21.2. The Bertz CT molecular complexity index is 445. The van der Waals surface area contributed by atoms with Crippen LogP contribution in [0.25, 0.3) is 26.6 Å². The van der Waals surface area contributed by atoms with Gasteiger partial charge in [0.15, 0.2) is 0 Å². The van der Waals surface area contributed by atoms with Crippen LogP contribution in [0.1, 0.15) is 51.4 Å². The van der Waals surface area contributed by atoms with Crippen LogP contribution in [0.2, 0.25) is 0 Å². The molecule has 7 nitrogen and oxygen atoms in total. The van der Waals surface area contributed by atoms with Gasteiger partial charge in [0.05, 0.1) is 0 Å². The fraction of sp³-hybridized carbons (Fsp3) is 0.900. The van der Waals surface area contributed by atoms with Gasteiger partial charge in [-0.25, -0.2) is 10.5 Å². The third kappa shape index (κ3) is 13.2. The molecule has 10 heteroatoms. The first-order valence-electron chi connectivity index (χ1n) is 10.6. The average molecular weight is 490 g/mol. The van der Waals surface area contributed by atoms with E-state index in [0.717, 1.165) is 39.3 Å². The minimum atomic E-state index is 0. The first kappa shape index (κ1) is 29.7. The van der Waals surface area contributed by atoms with Gasteiger partial charge in [0.25, 0.3) is 0 Å². The molecule has 30 heavy (non-hydrogen) atoms. The number of nitriles is 2. The standard InChI is InChI=1S/C18H32N5.2CHNS.Mn/c1-3-7-17-15(5-1)20-11-9-19-10-12-21-16-6-2-4-8-18(16)23-14-13-22-17;2*2-1-3;/h15-18H,1-14H2;2*3H;/q-5;;;/p-2/t15-,16?,17-,18?;;;/m1.../s1. The Kier molecular flexibility index (Phi) is 20.5. The van der Waals surface area contributed by atoms with Crippen LogP contribution in [-0.4, -0.2) is 63.4 Å². The molecular weight excluding hydrogens is 457 g/mol. The SMILES string of the molecule is C1CCC2[N-]CC[N-][C@@H]3CCCC[C@H]3[N-]CC[N-]CC[N-]C2C1.N#C[S-].N#C[S-].[Mn]. The maximum absolute atomic E-state index is 7.13. The molecule has 2 unspecified atom stereocenters. The van der Waals surface area contributed by atoms with Crippen LogP contribution < -0.4 is 0 Å². The summed E-state index contributed by atoms with van der Waals surface area (Å²) in [5, 5.41) is 41.2. The number of fused-ring (bicyclic) bond motifs is 2. The van der Waals surface area contributed by atoms with Gasteiger partial charge in [0.1, 0.15) is 0 Å². The molecule has 1 radical (unpaired) electrons. The molecule has 3 rings (SSSR count). The molecule has 0 N–H and O–H groups in total. The van der Waals surface area contributed by atoms with Crippen molar-refractivity contribution < 1.29 is 17.1 Å². The molecule has 3 fully saturated rings. The molecule has 2 saturated carbocycles. The summed E-state index contributed by atoms with van der Waals surface area (Å²) in [5.74, 6) is 0. The van der Waals surface area contributed by atoms with Gasteiger partial charge in [-0.2, -0.15) is 63.4 Å². The van der Waals surface area contributed by atoms with Crippen molar-refractivity contribution in [2.75, 3.05) is 39.3 Å². The Morgan fingerprint density at radius 1 is 0.533 bits per heavy atom. The van der Waals surface area contributed by atoms with Gasteiger partial charge in [0, 0.05) is 17.1 Å². The Hall–Kier alpha value is -0.261. The van der Waals surface area contributed by atoms with Crippen molar-refractivity contribution >= 4 is 25.3 Å². The summed E-state index contributed by atoms with van der Waals surface area (Å²) < 4.78 is 0. The van der Waals surface area contributed by atoms with Crippen molar-refractivity contribution in [1.82, 2.24) is 0 Å². The van der Waals surface area contributed by atoms with E-state index in [-0.39, 0.29) is 17.1 Å². The molecule has 4 atom stereocenters. The van der Waals surface area contributed by atoms with Crippen LogP contribution >= 0.6 is 0 Å². The third-order valence-corrected chi connectivity index (χ3v) is 5.46. The van der Waals surface area contributed by atoms with Gasteiger partial charge in [-0.05, 0) is 0 Å². The van der Waals surface area contributed by atoms with Crippen molar-refractivity contribution in [2.24, 2.45) is 0 Å². The summed E-state index contributed by atoms with van der Waals surface area (Å²) in [5.41, 5.74) is 0. The molecule has 0 aromatic carbocycles. The van der Waals surface area contributed by atoms with Crippen molar-refractivity contribution in [3.63, 3.8) is 0 Å². The quantitative estimate of drug-likeness (QED) is 0.282. The number of nitrogens with zero attached hydrogens (tertiary/aromatic N) is 7. The van der Waals surface area contributed by atoms with E-state index in [1.807, 2.05) is 0 Å². The van der Waals surface area contributed by atoms with Crippen molar-refractivity contribution in [3.05, 3.63) is 26.6 Å². The van der Waals surface area contributed by atoms with Crippen LogP contribution in [-0.2, 0) is 42.3 Å². The van der Waals surface area contributed by atoms with Gasteiger partial charge >= 0.3 is 0 Å². The summed E-state index contributed by atoms with van der Waals surface area (Å²) in [4.78, 5) is 0. The summed E-state index contributed by atoms with van der Waals surface area (Å²) in [7, 11) is 0. The molecule has 1 saturated heterocycles. The number of thiocyanates is 2. The van der Waals surface area contributed by atoms with E-state index in [4.69, 9.17) is 31.8 Å². The van der Waals surface area contributed by atoms with Gasteiger partial charge in [0.2, 0.25) is 0 Å². The van der Waals surface area contributed by atoms with E-state index in [1.54, 1.807) is 0 Å². The zero-order valence-corrected chi connectivity index (χ0v) is 20.3. The van der Waals surface area contributed by atoms with E-state index in [9.17, 15) is 0 Å². The monoisotopic (exact) mass is 489 g/mol. The van der Waals surface area contributed by atoms with Crippen molar-refractivity contribution in [1.29, 1.82) is 10.5 Å². The predicted octanol–water partition coefficient (Wildman–Crippen LogP) is 4.52. The minimum absolute atomic E-state index is 0. The first-order valence-corrected chi connectivity index (χ1v) is 11.4. The van der Waals surface area contributed by atoms with Crippen LogP contribution in [0, 0.1) is 21.3 Å².